The number of nitrogens with zero attached hydrogens (tertiary/aromatic N) is 1. The van der Waals surface area contributed by atoms with E-state index in [0.717, 1.165) is 32.1 Å². The second-order valence-electron chi connectivity index (χ2n) is 8.34. The Morgan fingerprint density at radius 1 is 1.32 bits per heavy atom. The van der Waals surface area contributed by atoms with Crippen LogP contribution < -0.4 is 0 Å². The first kappa shape index (κ1) is 23.9. The van der Waals surface area contributed by atoms with E-state index in [9.17, 15) is 15.0 Å². The Kier molecular flexibility index (Phi) is 10.0. The standard InChI is InChI=1S/C21H35NO4S2/c1-21(2,28-27-3)8-7-20(25)19-10-15(19)6-4-5-9-26-18-11-16(13-23)22-17(12-18)14-24/h11,15,18-19,23-24H,4-10,12-14H2,1-3H3. The molecule has 0 aromatic rings. The molecule has 3 unspecified atom stereocenters. The summed E-state index contributed by atoms with van der Waals surface area (Å²) in [7, 11) is 3.63. The first-order valence-corrected chi connectivity index (χ1v) is 12.8. The number of aliphatic hydroxyl groups excluding tert-OH is 2. The van der Waals surface area contributed by atoms with Crippen molar-refractivity contribution >= 4 is 33.1 Å². The molecule has 0 amide bonds. The van der Waals surface area contributed by atoms with E-state index >= 15 is 0 Å². The van der Waals surface area contributed by atoms with Gasteiger partial charge in [0.05, 0.1) is 25.0 Å². The van der Waals surface area contributed by atoms with Gasteiger partial charge in [0, 0.05) is 35.8 Å². The van der Waals surface area contributed by atoms with Crippen LogP contribution in [0.4, 0.5) is 0 Å². The smallest absolute Gasteiger partial charge is 0.136 e. The molecule has 160 valence electrons. The number of aliphatic imine (C=N–C) groups is 1. The third-order valence-corrected chi connectivity index (χ3v) is 8.06. The van der Waals surface area contributed by atoms with Crippen LogP contribution in [0.15, 0.2) is 16.8 Å². The van der Waals surface area contributed by atoms with Gasteiger partial charge in [-0.25, -0.2) is 0 Å². The van der Waals surface area contributed by atoms with Gasteiger partial charge in [-0.1, -0.05) is 28.0 Å². The van der Waals surface area contributed by atoms with Gasteiger partial charge in [0.1, 0.15) is 5.78 Å². The molecular weight excluding hydrogens is 394 g/mol. The largest absolute Gasteiger partial charge is 0.390 e. The number of ether oxygens (including phenoxy) is 1. The van der Waals surface area contributed by atoms with Crippen molar-refractivity contribution < 1.29 is 19.7 Å². The predicted molar refractivity (Wildman–Crippen MR) is 119 cm³/mol. The van der Waals surface area contributed by atoms with Gasteiger partial charge in [-0.05, 0) is 57.8 Å². The minimum absolute atomic E-state index is 0.0958. The molecule has 0 aromatic carbocycles. The van der Waals surface area contributed by atoms with Crippen molar-refractivity contribution in [2.75, 3.05) is 26.1 Å². The topological polar surface area (TPSA) is 79.1 Å². The Morgan fingerprint density at radius 3 is 2.79 bits per heavy atom. The lowest BCUT2D eigenvalue weighted by atomic mass is 10.0. The molecule has 2 aliphatic rings. The van der Waals surface area contributed by atoms with Gasteiger partial charge in [-0.2, -0.15) is 0 Å². The van der Waals surface area contributed by atoms with E-state index in [-0.39, 0.29) is 24.1 Å². The third kappa shape index (κ3) is 8.19. The molecule has 1 saturated carbocycles. The molecule has 0 bridgehead atoms. The molecule has 1 heterocycles. The number of aliphatic hydroxyl groups is 2. The minimum atomic E-state index is -0.131. The Hall–Kier alpha value is -0.340. The highest BCUT2D eigenvalue weighted by molar-refractivity contribution is 8.76. The maximum Gasteiger partial charge on any atom is 0.136 e. The van der Waals surface area contributed by atoms with E-state index in [1.54, 1.807) is 10.8 Å². The van der Waals surface area contributed by atoms with Crippen LogP contribution in [0.3, 0.4) is 0 Å². The number of rotatable bonds is 14. The molecule has 7 heteroatoms. The molecular formula is C21H35NO4S2. The number of carbonyl (C=O) groups is 1. The fraction of sp³-hybridized carbons (Fsp3) is 0.810. The van der Waals surface area contributed by atoms with Crippen molar-refractivity contribution in [3.05, 3.63) is 11.8 Å². The molecule has 0 aromatic heterocycles. The minimum Gasteiger partial charge on any atom is -0.390 e. The van der Waals surface area contributed by atoms with Crippen LogP contribution >= 0.6 is 21.6 Å². The van der Waals surface area contributed by atoms with E-state index in [2.05, 4.69) is 25.1 Å². The molecule has 2 N–H and O–H groups in total. The van der Waals surface area contributed by atoms with Gasteiger partial charge in [-0.15, -0.1) is 0 Å². The zero-order valence-electron chi connectivity index (χ0n) is 17.4. The maximum absolute atomic E-state index is 12.4. The highest BCUT2D eigenvalue weighted by Gasteiger charge is 2.41. The molecule has 1 aliphatic carbocycles. The quantitative estimate of drug-likeness (QED) is 0.321. The zero-order valence-corrected chi connectivity index (χ0v) is 19.0. The van der Waals surface area contributed by atoms with Crippen LogP contribution in [0, 0.1) is 11.8 Å². The summed E-state index contributed by atoms with van der Waals surface area (Å²) in [5.41, 5.74) is 1.23. The Labute approximate surface area is 177 Å². The number of carbonyl (C=O) groups excluding carboxylic acids is 1. The fourth-order valence-corrected chi connectivity index (χ4v) is 5.91. The van der Waals surface area contributed by atoms with Crippen molar-refractivity contribution in [3.63, 3.8) is 0 Å². The van der Waals surface area contributed by atoms with Gasteiger partial charge in [0.25, 0.3) is 0 Å². The third-order valence-electron chi connectivity index (χ3n) is 5.38. The Morgan fingerprint density at radius 2 is 2.11 bits per heavy atom. The number of hydrogen-bond acceptors (Lipinski definition) is 7. The van der Waals surface area contributed by atoms with Gasteiger partial charge in [0.15, 0.2) is 0 Å². The Balaban J connectivity index is 1.56. The van der Waals surface area contributed by atoms with Gasteiger partial charge in [0.2, 0.25) is 0 Å². The lowest BCUT2D eigenvalue weighted by molar-refractivity contribution is -0.120. The second kappa shape index (κ2) is 11.7. The van der Waals surface area contributed by atoms with Crippen LogP contribution in [0.1, 0.15) is 58.8 Å². The fourth-order valence-electron chi connectivity index (χ4n) is 3.67. The average Bonchev–Trinajstić information content (AvgIpc) is 3.45. The molecule has 2 rings (SSSR count). The van der Waals surface area contributed by atoms with E-state index in [4.69, 9.17) is 4.74 Å². The summed E-state index contributed by atoms with van der Waals surface area (Å²) in [6.45, 7) is 4.86. The zero-order chi connectivity index (χ0) is 20.6. The maximum atomic E-state index is 12.4. The van der Waals surface area contributed by atoms with E-state index in [1.165, 1.54) is 0 Å². The highest BCUT2D eigenvalue weighted by Crippen LogP contribution is 2.45. The monoisotopic (exact) mass is 429 g/mol. The number of hydrogen-bond donors (Lipinski definition) is 2. The summed E-state index contributed by atoms with van der Waals surface area (Å²) < 4.78 is 6.04. The van der Waals surface area contributed by atoms with Crippen molar-refractivity contribution in [3.8, 4) is 0 Å². The van der Waals surface area contributed by atoms with Crippen molar-refractivity contribution in [1.29, 1.82) is 0 Å². The van der Waals surface area contributed by atoms with Crippen LogP contribution in [0.25, 0.3) is 0 Å². The SMILES string of the molecule is CSSC(C)(C)CCC(=O)C1CC1CCCCOC1C=C(CO)N=C(CO)C1. The Bertz CT molecular complexity index is 577. The summed E-state index contributed by atoms with van der Waals surface area (Å²) in [5.74, 6) is 1.33. The summed E-state index contributed by atoms with van der Waals surface area (Å²) in [6, 6.07) is 0. The van der Waals surface area contributed by atoms with Crippen molar-refractivity contribution in [1.82, 2.24) is 0 Å². The van der Waals surface area contributed by atoms with Crippen molar-refractivity contribution in [2.24, 2.45) is 16.8 Å². The average molecular weight is 430 g/mol. The van der Waals surface area contributed by atoms with Gasteiger partial charge in [-0.3, -0.25) is 9.79 Å². The van der Waals surface area contributed by atoms with Crippen LogP contribution in [0.5, 0.6) is 0 Å². The van der Waals surface area contributed by atoms with E-state index in [0.29, 0.717) is 48.5 Å². The number of unbranched alkanes of at least 4 members (excludes halogenated alkanes) is 1. The molecule has 3 atom stereocenters. The molecule has 28 heavy (non-hydrogen) atoms. The molecule has 1 aliphatic heterocycles. The molecule has 1 fully saturated rings. The van der Waals surface area contributed by atoms with Crippen molar-refractivity contribution in [2.45, 2.75) is 69.6 Å². The number of Topliss-reactive ketones (excluding diaryl/α,β-unsaturated/α-hetero) is 1. The van der Waals surface area contributed by atoms with Crippen LogP contribution in [-0.4, -0.2) is 58.6 Å². The second-order valence-corrected chi connectivity index (χ2v) is 11.4. The molecule has 5 nitrogen and oxygen atoms in total. The molecule has 0 spiro atoms. The van der Waals surface area contributed by atoms with Crippen LogP contribution in [-0.2, 0) is 9.53 Å². The number of ketones is 1. The van der Waals surface area contributed by atoms with E-state index in [1.807, 2.05) is 16.9 Å². The summed E-state index contributed by atoms with van der Waals surface area (Å²) in [6.07, 6.45) is 10.3. The highest BCUT2D eigenvalue weighted by atomic mass is 33.1. The first-order chi connectivity index (χ1) is 13.4. The summed E-state index contributed by atoms with van der Waals surface area (Å²) in [4.78, 5) is 16.6. The molecule has 0 radical (unpaired) electrons. The lowest BCUT2D eigenvalue weighted by Crippen LogP contribution is -2.23. The lowest BCUT2D eigenvalue weighted by Gasteiger charge is -2.21. The normalized spacial score (nSPS) is 24.7. The van der Waals surface area contributed by atoms with E-state index < -0.39 is 0 Å². The van der Waals surface area contributed by atoms with Gasteiger partial charge >= 0.3 is 0 Å². The van der Waals surface area contributed by atoms with Crippen LogP contribution in [0.2, 0.25) is 0 Å². The first-order valence-electron chi connectivity index (χ1n) is 10.2. The predicted octanol–water partition coefficient (Wildman–Crippen LogP) is 4.03. The molecule has 0 saturated heterocycles. The van der Waals surface area contributed by atoms with Gasteiger partial charge < -0.3 is 14.9 Å². The summed E-state index contributed by atoms with van der Waals surface area (Å²) >= 11 is 0. The summed E-state index contributed by atoms with van der Waals surface area (Å²) in [5, 5.41) is 18.5.